The Morgan fingerprint density at radius 1 is 0.714 bits per heavy atom. The highest BCUT2D eigenvalue weighted by Crippen LogP contribution is 2.34. The Kier molecular flexibility index (Phi) is 4.14. The molecule has 3 rings (SSSR count). The van der Waals surface area contributed by atoms with Gasteiger partial charge in [0.25, 0.3) is 0 Å². The molecule has 0 aliphatic rings. The second-order valence-corrected chi connectivity index (χ2v) is 6.41. The Bertz CT molecular complexity index is 759. The van der Waals surface area contributed by atoms with Crippen LogP contribution in [0.15, 0.2) is 71.2 Å². The second-order valence-electron chi connectivity index (χ2n) is 5.06. The molecule has 0 aromatic heterocycles. The third-order valence-corrected chi connectivity index (χ3v) is 4.27. The first-order valence-electron chi connectivity index (χ1n) is 6.76. The van der Waals surface area contributed by atoms with E-state index in [1.165, 1.54) is 27.8 Å². The molecule has 0 spiro atoms. The largest absolute Gasteiger partial charge is 0.0843 e. The SMILES string of the molecule is Cc1ccc(-c2ccc(Br)cc2)c(-c2ccc(Cl)cc2)c1. The van der Waals surface area contributed by atoms with Crippen molar-refractivity contribution in [1.82, 2.24) is 0 Å². The molecule has 21 heavy (non-hydrogen) atoms. The zero-order valence-electron chi connectivity index (χ0n) is 11.6. The third-order valence-electron chi connectivity index (χ3n) is 3.49. The van der Waals surface area contributed by atoms with Crippen LogP contribution >= 0.6 is 27.5 Å². The van der Waals surface area contributed by atoms with Crippen LogP contribution in [0, 0.1) is 6.92 Å². The Morgan fingerprint density at radius 3 is 1.95 bits per heavy atom. The average Bonchev–Trinajstić information content (AvgIpc) is 2.49. The molecule has 0 radical (unpaired) electrons. The molecule has 0 aliphatic heterocycles. The number of rotatable bonds is 2. The first-order chi connectivity index (χ1) is 10.1. The molecule has 0 bridgehead atoms. The van der Waals surface area contributed by atoms with Gasteiger partial charge in [-0.1, -0.05) is 75.6 Å². The van der Waals surface area contributed by atoms with Gasteiger partial charge in [0.1, 0.15) is 0 Å². The van der Waals surface area contributed by atoms with Crippen LogP contribution in [0.25, 0.3) is 22.3 Å². The Balaban J connectivity index is 2.17. The smallest absolute Gasteiger partial charge is 0.0406 e. The van der Waals surface area contributed by atoms with Crippen LogP contribution in [0.5, 0.6) is 0 Å². The van der Waals surface area contributed by atoms with Crippen LogP contribution in [0.2, 0.25) is 5.02 Å². The van der Waals surface area contributed by atoms with Crippen LogP contribution < -0.4 is 0 Å². The van der Waals surface area contributed by atoms with Gasteiger partial charge in [-0.3, -0.25) is 0 Å². The fourth-order valence-electron chi connectivity index (χ4n) is 2.41. The predicted molar refractivity (Wildman–Crippen MR) is 94.8 cm³/mol. The van der Waals surface area contributed by atoms with Gasteiger partial charge in [-0.25, -0.2) is 0 Å². The molecule has 0 saturated heterocycles. The van der Waals surface area contributed by atoms with Crippen molar-refractivity contribution in [1.29, 1.82) is 0 Å². The fourth-order valence-corrected chi connectivity index (χ4v) is 2.80. The Hall–Kier alpha value is -1.57. The molecule has 2 heteroatoms. The van der Waals surface area contributed by atoms with Crippen molar-refractivity contribution >= 4 is 27.5 Å². The molecule has 0 nitrogen and oxygen atoms in total. The van der Waals surface area contributed by atoms with Gasteiger partial charge in [-0.05, 0) is 53.4 Å². The van der Waals surface area contributed by atoms with Crippen LogP contribution in [-0.2, 0) is 0 Å². The molecular weight excluding hydrogens is 344 g/mol. The lowest BCUT2D eigenvalue weighted by atomic mass is 9.93. The molecule has 0 N–H and O–H groups in total. The minimum absolute atomic E-state index is 0.761. The summed E-state index contributed by atoms with van der Waals surface area (Å²) in [4.78, 5) is 0. The summed E-state index contributed by atoms with van der Waals surface area (Å²) >= 11 is 9.49. The van der Waals surface area contributed by atoms with E-state index in [0.29, 0.717) is 0 Å². The maximum Gasteiger partial charge on any atom is 0.0406 e. The summed E-state index contributed by atoms with van der Waals surface area (Å²) in [7, 11) is 0. The van der Waals surface area contributed by atoms with Crippen LogP contribution in [0.4, 0.5) is 0 Å². The van der Waals surface area contributed by atoms with Crippen molar-refractivity contribution in [3.8, 4) is 22.3 Å². The summed E-state index contributed by atoms with van der Waals surface area (Å²) in [6.45, 7) is 2.12. The molecule has 0 unspecified atom stereocenters. The molecule has 104 valence electrons. The summed E-state index contributed by atoms with van der Waals surface area (Å²) < 4.78 is 1.09. The first kappa shape index (κ1) is 14.4. The minimum Gasteiger partial charge on any atom is -0.0843 e. The van der Waals surface area contributed by atoms with Gasteiger partial charge in [-0.15, -0.1) is 0 Å². The van der Waals surface area contributed by atoms with Crippen molar-refractivity contribution in [3.63, 3.8) is 0 Å². The van der Waals surface area contributed by atoms with Crippen molar-refractivity contribution < 1.29 is 0 Å². The van der Waals surface area contributed by atoms with E-state index in [9.17, 15) is 0 Å². The van der Waals surface area contributed by atoms with Gasteiger partial charge >= 0.3 is 0 Å². The molecular formula is C19H14BrCl. The summed E-state index contributed by atoms with van der Waals surface area (Å²) in [6, 6.07) is 23.0. The maximum absolute atomic E-state index is 6.00. The summed E-state index contributed by atoms with van der Waals surface area (Å²) in [5, 5.41) is 0.761. The topological polar surface area (TPSA) is 0 Å². The first-order valence-corrected chi connectivity index (χ1v) is 7.93. The number of aryl methyl sites for hydroxylation is 1. The molecule has 0 atom stereocenters. The van der Waals surface area contributed by atoms with Gasteiger partial charge < -0.3 is 0 Å². The predicted octanol–water partition coefficient (Wildman–Crippen LogP) is 6.74. The van der Waals surface area contributed by atoms with Gasteiger partial charge in [0, 0.05) is 9.50 Å². The molecule has 3 aromatic carbocycles. The normalized spacial score (nSPS) is 10.6. The van der Waals surface area contributed by atoms with E-state index in [1.807, 2.05) is 12.1 Å². The Morgan fingerprint density at radius 2 is 1.29 bits per heavy atom. The lowest BCUT2D eigenvalue weighted by Gasteiger charge is -2.12. The highest BCUT2D eigenvalue weighted by molar-refractivity contribution is 9.10. The van der Waals surface area contributed by atoms with Crippen LogP contribution in [-0.4, -0.2) is 0 Å². The monoisotopic (exact) mass is 356 g/mol. The zero-order valence-corrected chi connectivity index (χ0v) is 13.9. The lowest BCUT2D eigenvalue weighted by molar-refractivity contribution is 1.46. The zero-order chi connectivity index (χ0) is 14.8. The standard InChI is InChI=1S/C19H14BrCl/c1-13-2-11-18(14-3-7-16(20)8-4-14)19(12-13)15-5-9-17(21)10-6-15/h2-12H,1H3. The average molecular weight is 358 g/mol. The molecule has 0 aliphatic carbocycles. The highest BCUT2D eigenvalue weighted by Gasteiger charge is 2.08. The van der Waals surface area contributed by atoms with E-state index in [1.54, 1.807) is 0 Å². The third kappa shape index (κ3) is 3.20. The van der Waals surface area contributed by atoms with Crippen molar-refractivity contribution in [2.45, 2.75) is 6.92 Å². The molecule has 0 saturated carbocycles. The van der Waals surface area contributed by atoms with Crippen molar-refractivity contribution in [3.05, 3.63) is 81.8 Å². The summed E-state index contributed by atoms with van der Waals surface area (Å²) in [5.41, 5.74) is 6.11. The molecule has 0 amide bonds. The fraction of sp³-hybridized carbons (Fsp3) is 0.0526. The van der Waals surface area contributed by atoms with Gasteiger partial charge in [-0.2, -0.15) is 0 Å². The van der Waals surface area contributed by atoms with Crippen molar-refractivity contribution in [2.24, 2.45) is 0 Å². The van der Waals surface area contributed by atoms with Crippen molar-refractivity contribution in [2.75, 3.05) is 0 Å². The van der Waals surface area contributed by atoms with Gasteiger partial charge in [0.2, 0.25) is 0 Å². The van der Waals surface area contributed by atoms with Gasteiger partial charge in [0.05, 0.1) is 0 Å². The Labute approximate surface area is 138 Å². The van der Waals surface area contributed by atoms with Crippen LogP contribution in [0.1, 0.15) is 5.56 Å². The highest BCUT2D eigenvalue weighted by atomic mass is 79.9. The number of hydrogen-bond donors (Lipinski definition) is 0. The summed E-state index contributed by atoms with van der Waals surface area (Å²) in [5.74, 6) is 0. The lowest BCUT2D eigenvalue weighted by Crippen LogP contribution is -1.87. The van der Waals surface area contributed by atoms with E-state index < -0.39 is 0 Å². The number of halogens is 2. The van der Waals surface area contributed by atoms with E-state index in [-0.39, 0.29) is 0 Å². The molecule has 3 aromatic rings. The maximum atomic E-state index is 6.00. The molecule has 0 fully saturated rings. The molecule has 0 heterocycles. The van der Waals surface area contributed by atoms with E-state index >= 15 is 0 Å². The minimum atomic E-state index is 0.761. The van der Waals surface area contributed by atoms with Crippen LogP contribution in [0.3, 0.4) is 0 Å². The number of hydrogen-bond acceptors (Lipinski definition) is 0. The number of benzene rings is 3. The van der Waals surface area contributed by atoms with Gasteiger partial charge in [0.15, 0.2) is 0 Å². The van der Waals surface area contributed by atoms with E-state index in [4.69, 9.17) is 11.6 Å². The quantitative estimate of drug-likeness (QED) is 0.476. The summed E-state index contributed by atoms with van der Waals surface area (Å²) in [6.07, 6.45) is 0. The van der Waals surface area contributed by atoms with E-state index in [0.717, 1.165) is 9.50 Å². The second kappa shape index (κ2) is 6.05. The van der Waals surface area contributed by atoms with E-state index in [2.05, 4.69) is 77.5 Å².